The molecule has 2 aromatic heterocycles. The van der Waals surface area contributed by atoms with Crippen molar-refractivity contribution in [2.45, 2.75) is 32.2 Å². The van der Waals surface area contributed by atoms with E-state index in [1.54, 1.807) is 25.4 Å². The Labute approximate surface area is 210 Å². The third-order valence-corrected chi connectivity index (χ3v) is 7.52. The van der Waals surface area contributed by atoms with Crippen molar-refractivity contribution < 1.29 is 9.18 Å². The Kier molecular flexibility index (Phi) is 7.27. The van der Waals surface area contributed by atoms with E-state index in [9.17, 15) is 14.0 Å². The van der Waals surface area contributed by atoms with E-state index in [1.165, 1.54) is 10.6 Å². The summed E-state index contributed by atoms with van der Waals surface area (Å²) in [5.41, 5.74) is 1.77. The highest BCUT2D eigenvalue weighted by Crippen LogP contribution is 2.23. The van der Waals surface area contributed by atoms with Gasteiger partial charge in [0.05, 0.1) is 5.92 Å². The number of carbonyl (C=O) groups excluding carboxylic acids is 1. The highest BCUT2D eigenvalue weighted by atomic mass is 19.1. The molecule has 1 amide bonds. The van der Waals surface area contributed by atoms with Crippen LogP contribution in [0.2, 0.25) is 0 Å². The summed E-state index contributed by atoms with van der Waals surface area (Å²) in [4.78, 5) is 39.0. The SMILES string of the molecule is Cn1c(=O)c(N2CCC[C@H](C(=O)NCC3CCN(Cc4ccccc4F)CC3)C2)nc2cccnc21. The van der Waals surface area contributed by atoms with Crippen LogP contribution in [0.1, 0.15) is 31.2 Å². The van der Waals surface area contributed by atoms with Crippen LogP contribution in [0.4, 0.5) is 10.2 Å². The van der Waals surface area contributed by atoms with E-state index in [0.717, 1.165) is 44.3 Å². The van der Waals surface area contributed by atoms with E-state index < -0.39 is 0 Å². The lowest BCUT2D eigenvalue weighted by molar-refractivity contribution is -0.125. The van der Waals surface area contributed by atoms with Crippen molar-refractivity contribution in [2.24, 2.45) is 18.9 Å². The molecule has 4 heterocycles. The van der Waals surface area contributed by atoms with E-state index in [2.05, 4.69) is 20.2 Å². The first kappa shape index (κ1) is 24.4. The number of carbonyl (C=O) groups is 1. The monoisotopic (exact) mass is 492 g/mol. The number of nitrogens with zero attached hydrogens (tertiary/aromatic N) is 5. The van der Waals surface area contributed by atoms with Gasteiger partial charge in [-0.2, -0.15) is 0 Å². The summed E-state index contributed by atoms with van der Waals surface area (Å²) in [6.07, 6.45) is 5.26. The summed E-state index contributed by atoms with van der Waals surface area (Å²) in [7, 11) is 1.71. The van der Waals surface area contributed by atoms with Crippen molar-refractivity contribution in [2.75, 3.05) is 37.6 Å². The van der Waals surface area contributed by atoms with Crippen LogP contribution in [-0.4, -0.2) is 58.1 Å². The van der Waals surface area contributed by atoms with Crippen LogP contribution >= 0.6 is 0 Å². The van der Waals surface area contributed by atoms with Crippen molar-refractivity contribution in [1.82, 2.24) is 24.8 Å². The normalized spacial score (nSPS) is 19.5. The number of nitrogens with one attached hydrogen (secondary N) is 1. The number of fused-ring (bicyclic) bond motifs is 1. The number of benzene rings is 1. The number of pyridine rings is 1. The number of piperidine rings is 2. The summed E-state index contributed by atoms with van der Waals surface area (Å²) < 4.78 is 15.5. The predicted octanol–water partition coefficient (Wildman–Crippen LogP) is 2.71. The molecule has 9 heteroatoms. The highest BCUT2D eigenvalue weighted by Gasteiger charge is 2.29. The van der Waals surface area contributed by atoms with Crippen molar-refractivity contribution in [3.8, 4) is 0 Å². The Morgan fingerprint density at radius 1 is 1.11 bits per heavy atom. The number of aromatic nitrogens is 3. The Hall–Kier alpha value is -3.33. The van der Waals surface area contributed by atoms with Crippen molar-refractivity contribution in [3.63, 3.8) is 0 Å². The molecule has 2 aliphatic rings. The third-order valence-electron chi connectivity index (χ3n) is 7.52. The maximum atomic E-state index is 14.0. The third kappa shape index (κ3) is 5.26. The summed E-state index contributed by atoms with van der Waals surface area (Å²) in [6.45, 7) is 4.28. The molecule has 3 aromatic rings. The first-order valence-electron chi connectivity index (χ1n) is 12.8. The molecule has 0 spiro atoms. The van der Waals surface area contributed by atoms with Gasteiger partial charge in [0.1, 0.15) is 11.3 Å². The molecular formula is C27H33FN6O2. The second-order valence-corrected chi connectivity index (χ2v) is 9.99. The average molecular weight is 493 g/mol. The maximum absolute atomic E-state index is 14.0. The molecule has 2 saturated heterocycles. The van der Waals surface area contributed by atoms with Gasteiger partial charge in [-0.3, -0.25) is 19.1 Å². The molecule has 2 fully saturated rings. The van der Waals surface area contributed by atoms with E-state index >= 15 is 0 Å². The zero-order valence-corrected chi connectivity index (χ0v) is 20.7. The lowest BCUT2D eigenvalue weighted by atomic mass is 9.94. The van der Waals surface area contributed by atoms with Crippen LogP contribution in [0.3, 0.4) is 0 Å². The van der Waals surface area contributed by atoms with Crippen LogP contribution in [-0.2, 0) is 18.4 Å². The van der Waals surface area contributed by atoms with Gasteiger partial charge in [-0.25, -0.2) is 14.4 Å². The summed E-state index contributed by atoms with van der Waals surface area (Å²) in [5, 5.41) is 3.17. The number of rotatable bonds is 6. The molecule has 36 heavy (non-hydrogen) atoms. The van der Waals surface area contributed by atoms with Crippen molar-refractivity contribution >= 4 is 22.9 Å². The van der Waals surface area contributed by atoms with E-state index in [4.69, 9.17) is 0 Å². The molecule has 1 aromatic carbocycles. The van der Waals surface area contributed by atoms with Gasteiger partial charge in [0.2, 0.25) is 5.91 Å². The van der Waals surface area contributed by atoms with Gasteiger partial charge in [-0.15, -0.1) is 0 Å². The molecule has 8 nitrogen and oxygen atoms in total. The fourth-order valence-electron chi connectivity index (χ4n) is 5.34. The van der Waals surface area contributed by atoms with Crippen LogP contribution in [0.15, 0.2) is 47.4 Å². The lowest BCUT2D eigenvalue weighted by Gasteiger charge is -2.34. The number of hydrogen-bond acceptors (Lipinski definition) is 6. The molecule has 0 saturated carbocycles. The summed E-state index contributed by atoms with van der Waals surface area (Å²) in [5.74, 6) is 0.538. The molecule has 0 bridgehead atoms. The lowest BCUT2D eigenvalue weighted by Crippen LogP contribution is -2.47. The number of amides is 1. The van der Waals surface area contributed by atoms with Crippen LogP contribution in [0.25, 0.3) is 11.2 Å². The molecule has 0 aliphatic carbocycles. The summed E-state index contributed by atoms with van der Waals surface area (Å²) >= 11 is 0. The number of aryl methyl sites for hydroxylation is 1. The molecule has 190 valence electrons. The molecule has 5 rings (SSSR count). The Morgan fingerprint density at radius 3 is 2.72 bits per heavy atom. The maximum Gasteiger partial charge on any atom is 0.294 e. The molecule has 1 atom stereocenters. The van der Waals surface area contributed by atoms with Gasteiger partial charge < -0.3 is 10.2 Å². The molecule has 0 radical (unpaired) electrons. The zero-order valence-electron chi connectivity index (χ0n) is 20.7. The minimum atomic E-state index is -0.190. The fraction of sp³-hybridized carbons (Fsp3) is 0.481. The smallest absolute Gasteiger partial charge is 0.294 e. The number of hydrogen-bond donors (Lipinski definition) is 1. The fourth-order valence-corrected chi connectivity index (χ4v) is 5.34. The van der Waals surface area contributed by atoms with Gasteiger partial charge >= 0.3 is 0 Å². The zero-order chi connectivity index (χ0) is 25.1. The number of halogens is 1. The Morgan fingerprint density at radius 2 is 1.92 bits per heavy atom. The molecule has 1 N–H and O–H groups in total. The quantitative estimate of drug-likeness (QED) is 0.570. The standard InChI is InChI=1S/C27H33FN6O2/c1-32-24-23(9-4-12-29-24)31-25(27(32)36)34-13-5-7-21(18-34)26(35)30-16-19-10-14-33(15-11-19)17-20-6-2-3-8-22(20)28/h2-4,6,8-9,12,19,21H,5,7,10-11,13-18H2,1H3,(H,30,35)/t21-/m0/s1. The minimum absolute atomic E-state index is 0.0489. The molecular weight excluding hydrogens is 459 g/mol. The number of likely N-dealkylation sites (tertiary alicyclic amines) is 1. The highest BCUT2D eigenvalue weighted by molar-refractivity contribution is 5.79. The Balaban J connectivity index is 1.14. The van der Waals surface area contributed by atoms with Crippen LogP contribution < -0.4 is 15.8 Å². The average Bonchev–Trinajstić information content (AvgIpc) is 2.91. The van der Waals surface area contributed by atoms with Gasteiger partial charge in [-0.05, 0) is 62.9 Å². The topological polar surface area (TPSA) is 83.4 Å². The van der Waals surface area contributed by atoms with Gasteiger partial charge in [-0.1, -0.05) is 18.2 Å². The van der Waals surface area contributed by atoms with Gasteiger partial charge in [0.25, 0.3) is 5.56 Å². The van der Waals surface area contributed by atoms with Crippen LogP contribution in [0.5, 0.6) is 0 Å². The number of anilines is 1. The molecule has 0 unspecified atom stereocenters. The first-order valence-corrected chi connectivity index (χ1v) is 12.8. The molecule has 2 aliphatic heterocycles. The second-order valence-electron chi connectivity index (χ2n) is 9.99. The van der Waals surface area contributed by atoms with E-state index in [0.29, 0.717) is 49.1 Å². The largest absolute Gasteiger partial charge is 0.356 e. The van der Waals surface area contributed by atoms with Crippen molar-refractivity contribution in [3.05, 3.63) is 64.3 Å². The van der Waals surface area contributed by atoms with Gasteiger partial charge in [0.15, 0.2) is 11.5 Å². The second kappa shape index (κ2) is 10.7. The Bertz CT molecular complexity index is 1290. The van der Waals surface area contributed by atoms with Crippen molar-refractivity contribution in [1.29, 1.82) is 0 Å². The van der Waals surface area contributed by atoms with E-state index in [-0.39, 0.29) is 23.2 Å². The van der Waals surface area contributed by atoms with E-state index in [1.807, 2.05) is 23.1 Å². The predicted molar refractivity (Wildman–Crippen MR) is 137 cm³/mol. The van der Waals surface area contributed by atoms with Gasteiger partial charge in [0, 0.05) is 45.0 Å². The van der Waals surface area contributed by atoms with Crippen LogP contribution in [0, 0.1) is 17.7 Å². The first-order chi connectivity index (χ1) is 17.5. The summed E-state index contributed by atoms with van der Waals surface area (Å²) in [6, 6.07) is 10.6. The minimum Gasteiger partial charge on any atom is -0.356 e.